The molecule has 0 saturated carbocycles. The molecular formula is C13H26N2O. The van der Waals surface area contributed by atoms with Crippen LogP contribution in [0.5, 0.6) is 0 Å². The maximum absolute atomic E-state index is 9.50. The van der Waals surface area contributed by atoms with E-state index in [4.69, 9.17) is 5.26 Å². The van der Waals surface area contributed by atoms with E-state index in [-0.39, 0.29) is 17.1 Å². The Labute approximate surface area is 99.9 Å². The first-order chi connectivity index (χ1) is 7.21. The molecule has 1 atom stereocenters. The van der Waals surface area contributed by atoms with E-state index in [0.717, 1.165) is 25.8 Å². The Morgan fingerprint density at radius 3 is 2.25 bits per heavy atom. The minimum atomic E-state index is -0.358. The summed E-state index contributed by atoms with van der Waals surface area (Å²) in [6.45, 7) is 10.6. The molecule has 0 fully saturated rings. The normalized spacial score (nSPS) is 14.6. The highest BCUT2D eigenvalue weighted by molar-refractivity contribution is 4.91. The van der Waals surface area contributed by atoms with Crippen molar-refractivity contribution < 1.29 is 5.11 Å². The Kier molecular flexibility index (Phi) is 5.99. The van der Waals surface area contributed by atoms with Gasteiger partial charge in [0, 0.05) is 5.54 Å². The van der Waals surface area contributed by atoms with Gasteiger partial charge in [-0.25, -0.2) is 0 Å². The van der Waals surface area contributed by atoms with Gasteiger partial charge in [0.1, 0.15) is 0 Å². The molecule has 0 aromatic heterocycles. The highest BCUT2D eigenvalue weighted by Crippen LogP contribution is 2.21. The lowest BCUT2D eigenvalue weighted by Gasteiger charge is -2.29. The Hall–Kier alpha value is -0.590. The van der Waals surface area contributed by atoms with Crippen molar-refractivity contribution in [3.8, 4) is 6.07 Å². The van der Waals surface area contributed by atoms with E-state index in [1.54, 1.807) is 6.92 Å². The van der Waals surface area contributed by atoms with Crippen molar-refractivity contribution in [1.29, 1.82) is 5.26 Å². The standard InChI is InChI=1S/C13H26N2O/c1-11(16)13(4,5)15-9-7-6-8-12(2,3)10-14/h11,15-16H,6-9H2,1-5H3. The Bertz CT molecular complexity index is 239. The van der Waals surface area contributed by atoms with Gasteiger partial charge in [-0.1, -0.05) is 6.42 Å². The zero-order chi connectivity index (χ0) is 12.8. The third-order valence-corrected chi connectivity index (χ3v) is 3.16. The van der Waals surface area contributed by atoms with Gasteiger partial charge < -0.3 is 10.4 Å². The van der Waals surface area contributed by atoms with E-state index in [1.165, 1.54) is 0 Å². The molecule has 0 aliphatic heterocycles. The van der Waals surface area contributed by atoms with Gasteiger partial charge in [0.15, 0.2) is 0 Å². The fraction of sp³-hybridized carbons (Fsp3) is 0.923. The van der Waals surface area contributed by atoms with Crippen LogP contribution in [0.3, 0.4) is 0 Å². The molecule has 0 aliphatic carbocycles. The summed E-state index contributed by atoms with van der Waals surface area (Å²) >= 11 is 0. The highest BCUT2D eigenvalue weighted by atomic mass is 16.3. The number of aliphatic hydroxyl groups is 1. The minimum Gasteiger partial charge on any atom is -0.392 e. The predicted molar refractivity (Wildman–Crippen MR) is 67.0 cm³/mol. The van der Waals surface area contributed by atoms with Crippen molar-refractivity contribution in [1.82, 2.24) is 5.32 Å². The Morgan fingerprint density at radius 2 is 1.81 bits per heavy atom. The smallest absolute Gasteiger partial charge is 0.0688 e. The van der Waals surface area contributed by atoms with Crippen molar-refractivity contribution in [3.63, 3.8) is 0 Å². The van der Waals surface area contributed by atoms with Crippen LogP contribution in [-0.2, 0) is 0 Å². The second-order valence-electron chi connectivity index (χ2n) is 5.78. The van der Waals surface area contributed by atoms with Crippen LogP contribution >= 0.6 is 0 Å². The molecule has 0 saturated heterocycles. The zero-order valence-electron chi connectivity index (χ0n) is 11.3. The average molecular weight is 226 g/mol. The largest absolute Gasteiger partial charge is 0.392 e. The van der Waals surface area contributed by atoms with Gasteiger partial charge in [-0.15, -0.1) is 0 Å². The summed E-state index contributed by atoms with van der Waals surface area (Å²) < 4.78 is 0. The molecule has 16 heavy (non-hydrogen) atoms. The lowest BCUT2D eigenvalue weighted by Crippen LogP contribution is -2.48. The summed E-state index contributed by atoms with van der Waals surface area (Å²) in [4.78, 5) is 0. The van der Waals surface area contributed by atoms with Crippen LogP contribution in [0.15, 0.2) is 0 Å². The molecule has 2 N–H and O–H groups in total. The molecule has 3 nitrogen and oxygen atoms in total. The summed E-state index contributed by atoms with van der Waals surface area (Å²) in [7, 11) is 0. The number of nitrogens with one attached hydrogen (secondary N) is 1. The van der Waals surface area contributed by atoms with E-state index < -0.39 is 0 Å². The highest BCUT2D eigenvalue weighted by Gasteiger charge is 2.22. The van der Waals surface area contributed by atoms with Crippen LogP contribution < -0.4 is 5.32 Å². The third-order valence-electron chi connectivity index (χ3n) is 3.16. The van der Waals surface area contributed by atoms with Crippen LogP contribution in [0.4, 0.5) is 0 Å². The van der Waals surface area contributed by atoms with Gasteiger partial charge in [-0.05, 0) is 54.0 Å². The molecule has 0 aromatic rings. The summed E-state index contributed by atoms with van der Waals surface area (Å²) in [6.07, 6.45) is 2.66. The molecule has 0 bridgehead atoms. The van der Waals surface area contributed by atoms with Gasteiger partial charge >= 0.3 is 0 Å². The van der Waals surface area contributed by atoms with Crippen molar-refractivity contribution >= 4 is 0 Å². The van der Waals surface area contributed by atoms with Crippen LogP contribution in [-0.4, -0.2) is 23.3 Å². The number of nitrogens with zero attached hydrogens (tertiary/aromatic N) is 1. The first kappa shape index (κ1) is 15.4. The van der Waals surface area contributed by atoms with Crippen molar-refractivity contribution in [3.05, 3.63) is 0 Å². The molecule has 0 spiro atoms. The number of rotatable bonds is 7. The summed E-state index contributed by atoms with van der Waals surface area (Å²) in [6, 6.07) is 2.31. The van der Waals surface area contributed by atoms with Crippen molar-refractivity contribution in [2.45, 2.75) is 65.5 Å². The molecule has 3 heteroatoms. The van der Waals surface area contributed by atoms with Gasteiger partial charge in [0.2, 0.25) is 0 Å². The number of hydrogen-bond acceptors (Lipinski definition) is 3. The Morgan fingerprint density at radius 1 is 1.25 bits per heavy atom. The minimum absolute atomic E-state index is 0.209. The molecule has 0 aromatic carbocycles. The number of aliphatic hydroxyl groups excluding tert-OH is 1. The van der Waals surface area contributed by atoms with Gasteiger partial charge in [-0.2, -0.15) is 5.26 Å². The lowest BCUT2D eigenvalue weighted by atomic mass is 9.89. The molecule has 94 valence electrons. The average Bonchev–Trinajstić information content (AvgIpc) is 2.16. The molecule has 0 aliphatic rings. The van der Waals surface area contributed by atoms with E-state index in [0.29, 0.717) is 0 Å². The molecule has 0 amide bonds. The summed E-state index contributed by atoms with van der Waals surface area (Å²) in [5, 5.41) is 21.7. The van der Waals surface area contributed by atoms with Gasteiger partial charge in [0.25, 0.3) is 0 Å². The predicted octanol–water partition coefficient (Wildman–Crippen LogP) is 2.46. The fourth-order valence-corrected chi connectivity index (χ4v) is 1.31. The first-order valence-corrected chi connectivity index (χ1v) is 6.05. The molecule has 0 radical (unpaired) electrons. The maximum Gasteiger partial charge on any atom is 0.0688 e. The van der Waals surface area contributed by atoms with Crippen LogP contribution in [0.25, 0.3) is 0 Å². The lowest BCUT2D eigenvalue weighted by molar-refractivity contribution is 0.0965. The van der Waals surface area contributed by atoms with Crippen molar-refractivity contribution in [2.24, 2.45) is 5.41 Å². The topological polar surface area (TPSA) is 56.0 Å². The van der Waals surface area contributed by atoms with Gasteiger partial charge in [-0.3, -0.25) is 0 Å². The monoisotopic (exact) mass is 226 g/mol. The van der Waals surface area contributed by atoms with Crippen molar-refractivity contribution in [2.75, 3.05) is 6.54 Å². The SMILES string of the molecule is CC(O)C(C)(C)NCCCCC(C)(C)C#N. The molecule has 0 rings (SSSR count). The molecule has 1 unspecified atom stereocenters. The first-order valence-electron chi connectivity index (χ1n) is 6.05. The second kappa shape index (κ2) is 6.22. The summed E-state index contributed by atoms with van der Waals surface area (Å²) in [5.74, 6) is 0. The zero-order valence-corrected chi connectivity index (χ0v) is 11.3. The fourth-order valence-electron chi connectivity index (χ4n) is 1.31. The van der Waals surface area contributed by atoms with E-state index in [1.807, 2.05) is 27.7 Å². The van der Waals surface area contributed by atoms with Crippen LogP contribution in [0, 0.1) is 16.7 Å². The number of hydrogen-bond donors (Lipinski definition) is 2. The molecule has 0 heterocycles. The number of nitriles is 1. The number of unbranched alkanes of at least 4 members (excludes halogenated alkanes) is 1. The van der Waals surface area contributed by atoms with E-state index in [9.17, 15) is 5.11 Å². The molecular weight excluding hydrogens is 200 g/mol. The maximum atomic E-state index is 9.50. The van der Waals surface area contributed by atoms with Crippen LogP contribution in [0.1, 0.15) is 53.9 Å². The Balaban J connectivity index is 3.67. The second-order valence-corrected chi connectivity index (χ2v) is 5.78. The quantitative estimate of drug-likeness (QED) is 0.656. The van der Waals surface area contributed by atoms with Gasteiger partial charge in [0.05, 0.1) is 17.6 Å². The van der Waals surface area contributed by atoms with Crippen LogP contribution in [0.2, 0.25) is 0 Å². The summed E-state index contributed by atoms with van der Waals surface area (Å²) in [5.41, 5.74) is -0.440. The van der Waals surface area contributed by atoms with E-state index in [2.05, 4.69) is 11.4 Å². The third kappa shape index (κ3) is 6.09. The van der Waals surface area contributed by atoms with E-state index >= 15 is 0 Å².